The lowest BCUT2D eigenvalue weighted by atomic mass is 10.1. The van der Waals surface area contributed by atoms with Gasteiger partial charge in [0, 0.05) is 19.3 Å². The van der Waals surface area contributed by atoms with Crippen LogP contribution in [0.15, 0.2) is 42.5 Å². The summed E-state index contributed by atoms with van der Waals surface area (Å²) in [6.07, 6.45) is 1.01. The highest BCUT2D eigenvalue weighted by molar-refractivity contribution is 5.63. The van der Waals surface area contributed by atoms with Crippen LogP contribution < -0.4 is 10.2 Å². The number of hydrogen-bond donors (Lipinski definition) is 1. The first-order chi connectivity index (χ1) is 9.65. The molecule has 2 rings (SSSR count). The van der Waals surface area contributed by atoms with E-state index in [-0.39, 0.29) is 5.82 Å². The zero-order valence-electron chi connectivity index (χ0n) is 12.3. The molecule has 0 atom stereocenters. The molecule has 0 unspecified atom stereocenters. The van der Waals surface area contributed by atoms with Crippen LogP contribution in [0.5, 0.6) is 0 Å². The van der Waals surface area contributed by atoms with Gasteiger partial charge in [0.2, 0.25) is 0 Å². The summed E-state index contributed by atoms with van der Waals surface area (Å²) < 4.78 is 14.2. The quantitative estimate of drug-likeness (QED) is 0.888. The van der Waals surface area contributed by atoms with Crippen LogP contribution in [0.1, 0.15) is 18.1 Å². The number of nitrogens with zero attached hydrogens (tertiary/aromatic N) is 1. The van der Waals surface area contributed by atoms with Crippen molar-refractivity contribution >= 4 is 11.4 Å². The molecule has 0 spiro atoms. The van der Waals surface area contributed by atoms with E-state index in [1.54, 1.807) is 6.07 Å². The van der Waals surface area contributed by atoms with Crippen molar-refractivity contribution in [2.45, 2.75) is 19.9 Å². The lowest BCUT2D eigenvalue weighted by molar-refractivity contribution is 0.623. The molecular weight excluding hydrogens is 251 g/mol. The van der Waals surface area contributed by atoms with Crippen LogP contribution in [-0.2, 0) is 13.0 Å². The predicted molar refractivity (Wildman–Crippen MR) is 83.0 cm³/mol. The van der Waals surface area contributed by atoms with E-state index in [4.69, 9.17) is 0 Å². The normalized spacial score (nSPS) is 10.6. The summed E-state index contributed by atoms with van der Waals surface area (Å²) in [5, 5.41) is 3.02. The Bertz CT molecular complexity index is 564. The number of benzene rings is 2. The largest absolute Gasteiger partial charge is 0.342 e. The smallest absolute Gasteiger partial charge is 0.147 e. The van der Waals surface area contributed by atoms with Crippen molar-refractivity contribution in [2.24, 2.45) is 0 Å². The molecular formula is C17H21FN2. The second kappa shape index (κ2) is 6.53. The fraction of sp³-hybridized carbons (Fsp3) is 0.294. The molecule has 0 amide bonds. The van der Waals surface area contributed by atoms with Gasteiger partial charge in [-0.05, 0) is 48.9 Å². The van der Waals surface area contributed by atoms with Crippen LogP contribution >= 0.6 is 0 Å². The summed E-state index contributed by atoms with van der Waals surface area (Å²) >= 11 is 0. The second-order valence-electron chi connectivity index (χ2n) is 4.90. The number of nitrogens with one attached hydrogen (secondary N) is 1. The van der Waals surface area contributed by atoms with E-state index in [9.17, 15) is 4.39 Å². The Morgan fingerprint density at radius 3 is 2.25 bits per heavy atom. The fourth-order valence-corrected chi connectivity index (χ4v) is 2.23. The van der Waals surface area contributed by atoms with Crippen molar-refractivity contribution in [1.82, 2.24) is 5.32 Å². The molecule has 0 saturated heterocycles. The molecule has 0 heterocycles. The molecule has 0 aliphatic heterocycles. The van der Waals surface area contributed by atoms with Gasteiger partial charge in [0.05, 0.1) is 5.69 Å². The molecule has 3 heteroatoms. The lowest BCUT2D eigenvalue weighted by Gasteiger charge is -2.21. The Morgan fingerprint density at radius 2 is 1.70 bits per heavy atom. The maximum absolute atomic E-state index is 14.2. The van der Waals surface area contributed by atoms with Crippen molar-refractivity contribution in [3.8, 4) is 0 Å². The summed E-state index contributed by atoms with van der Waals surface area (Å²) in [5.74, 6) is -0.195. The zero-order valence-corrected chi connectivity index (χ0v) is 12.3. The van der Waals surface area contributed by atoms with Gasteiger partial charge in [0.15, 0.2) is 0 Å². The SMILES string of the molecule is CCc1ccc(N(C)c2ccc(CNC)cc2F)cc1. The van der Waals surface area contributed by atoms with Crippen molar-refractivity contribution in [2.75, 3.05) is 19.0 Å². The molecule has 2 aromatic rings. The van der Waals surface area contributed by atoms with Crippen LogP contribution in [0.3, 0.4) is 0 Å². The molecule has 2 aromatic carbocycles. The second-order valence-corrected chi connectivity index (χ2v) is 4.90. The summed E-state index contributed by atoms with van der Waals surface area (Å²) in [6.45, 7) is 2.80. The molecule has 1 N–H and O–H groups in total. The summed E-state index contributed by atoms with van der Waals surface area (Å²) in [7, 11) is 3.74. The van der Waals surface area contributed by atoms with Crippen LogP contribution in [0.4, 0.5) is 15.8 Å². The molecule has 106 valence electrons. The van der Waals surface area contributed by atoms with Gasteiger partial charge in [-0.25, -0.2) is 4.39 Å². The summed E-state index contributed by atoms with van der Waals surface area (Å²) in [5.41, 5.74) is 3.81. The standard InChI is InChI=1S/C17H21FN2/c1-4-13-5-8-15(9-6-13)20(3)17-10-7-14(12-19-2)11-16(17)18/h5-11,19H,4,12H2,1-3H3. The fourth-order valence-electron chi connectivity index (χ4n) is 2.23. The Labute approximate surface area is 120 Å². The monoisotopic (exact) mass is 272 g/mol. The Kier molecular flexibility index (Phi) is 4.74. The molecule has 0 aliphatic rings. The number of hydrogen-bond acceptors (Lipinski definition) is 2. The molecule has 0 saturated carbocycles. The summed E-state index contributed by atoms with van der Waals surface area (Å²) in [6, 6.07) is 13.6. The van der Waals surface area contributed by atoms with Crippen molar-refractivity contribution in [3.63, 3.8) is 0 Å². The first-order valence-electron chi connectivity index (χ1n) is 6.91. The first kappa shape index (κ1) is 14.5. The third-order valence-electron chi connectivity index (χ3n) is 3.49. The molecule has 0 aromatic heterocycles. The molecule has 0 fully saturated rings. The van der Waals surface area contributed by atoms with Gasteiger partial charge < -0.3 is 10.2 Å². The van der Waals surface area contributed by atoms with Gasteiger partial charge in [-0.1, -0.05) is 25.1 Å². The third kappa shape index (κ3) is 3.17. The van der Waals surface area contributed by atoms with Gasteiger partial charge in [-0.2, -0.15) is 0 Å². The average molecular weight is 272 g/mol. The first-order valence-corrected chi connectivity index (χ1v) is 6.91. The Morgan fingerprint density at radius 1 is 1.05 bits per heavy atom. The van der Waals surface area contributed by atoms with Crippen LogP contribution in [0.2, 0.25) is 0 Å². The molecule has 0 aliphatic carbocycles. The van der Waals surface area contributed by atoms with Crippen LogP contribution in [-0.4, -0.2) is 14.1 Å². The zero-order chi connectivity index (χ0) is 14.5. The Balaban J connectivity index is 2.25. The van der Waals surface area contributed by atoms with Crippen molar-refractivity contribution < 1.29 is 4.39 Å². The average Bonchev–Trinajstić information content (AvgIpc) is 2.47. The van der Waals surface area contributed by atoms with E-state index >= 15 is 0 Å². The minimum atomic E-state index is -0.195. The van der Waals surface area contributed by atoms with Gasteiger partial charge in [-0.3, -0.25) is 0 Å². The number of aryl methyl sites for hydroxylation is 1. The predicted octanol–water partition coefficient (Wildman–Crippen LogP) is 3.88. The molecule has 0 radical (unpaired) electrons. The number of halogens is 1. The van der Waals surface area contributed by atoms with E-state index in [1.165, 1.54) is 5.56 Å². The highest BCUT2D eigenvalue weighted by atomic mass is 19.1. The van der Waals surface area contributed by atoms with Crippen molar-refractivity contribution in [1.29, 1.82) is 0 Å². The lowest BCUT2D eigenvalue weighted by Crippen LogP contribution is -2.12. The minimum absolute atomic E-state index is 0.195. The summed E-state index contributed by atoms with van der Waals surface area (Å²) in [4.78, 5) is 1.87. The van der Waals surface area contributed by atoms with Gasteiger partial charge in [0.25, 0.3) is 0 Å². The third-order valence-corrected chi connectivity index (χ3v) is 3.49. The number of rotatable bonds is 5. The van der Waals surface area contributed by atoms with E-state index in [1.807, 2.05) is 43.3 Å². The highest BCUT2D eigenvalue weighted by Gasteiger charge is 2.10. The maximum atomic E-state index is 14.2. The van der Waals surface area contributed by atoms with E-state index in [0.29, 0.717) is 12.2 Å². The van der Waals surface area contributed by atoms with Crippen LogP contribution in [0.25, 0.3) is 0 Å². The Hall–Kier alpha value is -1.87. The van der Waals surface area contributed by atoms with E-state index in [0.717, 1.165) is 17.7 Å². The van der Waals surface area contributed by atoms with Gasteiger partial charge in [0.1, 0.15) is 5.82 Å². The minimum Gasteiger partial charge on any atom is -0.342 e. The van der Waals surface area contributed by atoms with Crippen LogP contribution in [0, 0.1) is 5.82 Å². The van der Waals surface area contributed by atoms with Crippen molar-refractivity contribution in [3.05, 3.63) is 59.4 Å². The van der Waals surface area contributed by atoms with E-state index < -0.39 is 0 Å². The molecule has 2 nitrogen and oxygen atoms in total. The topological polar surface area (TPSA) is 15.3 Å². The van der Waals surface area contributed by atoms with E-state index in [2.05, 4.69) is 24.4 Å². The number of anilines is 2. The maximum Gasteiger partial charge on any atom is 0.147 e. The highest BCUT2D eigenvalue weighted by Crippen LogP contribution is 2.27. The van der Waals surface area contributed by atoms with Gasteiger partial charge in [-0.15, -0.1) is 0 Å². The van der Waals surface area contributed by atoms with Gasteiger partial charge >= 0.3 is 0 Å². The molecule has 0 bridgehead atoms. The molecule has 20 heavy (non-hydrogen) atoms.